The Bertz CT molecular complexity index is 636. The Balaban J connectivity index is 2.33. The Morgan fingerprint density at radius 1 is 0.950 bits per heavy atom. The number of benzene rings is 2. The van der Waals surface area contributed by atoms with Crippen molar-refractivity contribution in [2.75, 3.05) is 5.73 Å². The number of hydrogen-bond donors (Lipinski definition) is 1. The summed E-state index contributed by atoms with van der Waals surface area (Å²) < 4.78 is 43.2. The Morgan fingerprint density at radius 3 is 2.25 bits per heavy atom. The van der Waals surface area contributed by atoms with Gasteiger partial charge in [-0.1, -0.05) is 12.1 Å². The number of halogens is 3. The molecule has 20 heavy (non-hydrogen) atoms. The molecule has 0 aliphatic heterocycles. The quantitative estimate of drug-likeness (QED) is 0.810. The smallest absolute Gasteiger partial charge is 0.416 e. The molecule has 0 unspecified atom stereocenters. The fourth-order valence-corrected chi connectivity index (χ4v) is 1.75. The summed E-state index contributed by atoms with van der Waals surface area (Å²) in [6.07, 6.45) is -4.41. The predicted octanol–water partition coefficient (Wildman–Crippen LogP) is 4.70. The van der Waals surface area contributed by atoms with Gasteiger partial charge in [-0.05, 0) is 49.2 Å². The van der Waals surface area contributed by atoms with Crippen LogP contribution in [0.4, 0.5) is 18.9 Å². The van der Waals surface area contributed by atoms with Gasteiger partial charge in [0.15, 0.2) is 0 Å². The van der Waals surface area contributed by atoms with Crippen molar-refractivity contribution in [1.82, 2.24) is 0 Å². The highest BCUT2D eigenvalue weighted by atomic mass is 19.4. The van der Waals surface area contributed by atoms with Crippen LogP contribution in [-0.2, 0) is 6.18 Å². The molecule has 2 N–H and O–H groups in total. The number of alkyl halides is 3. The summed E-state index contributed by atoms with van der Waals surface area (Å²) in [7, 11) is 0. The van der Waals surface area contributed by atoms with E-state index in [1.807, 2.05) is 32.0 Å². The van der Waals surface area contributed by atoms with Gasteiger partial charge in [-0.3, -0.25) is 0 Å². The highest BCUT2D eigenvalue weighted by Gasteiger charge is 2.31. The van der Waals surface area contributed by atoms with E-state index in [0.717, 1.165) is 23.3 Å². The van der Waals surface area contributed by atoms with Crippen molar-refractivity contribution < 1.29 is 17.9 Å². The third-order valence-electron chi connectivity index (χ3n) is 2.90. The summed E-state index contributed by atoms with van der Waals surface area (Å²) >= 11 is 0. The van der Waals surface area contributed by atoms with Gasteiger partial charge in [0.25, 0.3) is 0 Å². The summed E-state index contributed by atoms with van der Waals surface area (Å²) in [5, 5.41) is 0. The van der Waals surface area contributed by atoms with E-state index in [2.05, 4.69) is 0 Å². The first-order valence-electron chi connectivity index (χ1n) is 5.99. The first-order chi connectivity index (χ1) is 9.27. The van der Waals surface area contributed by atoms with E-state index in [1.165, 1.54) is 6.07 Å². The van der Waals surface area contributed by atoms with Crippen LogP contribution in [0.2, 0.25) is 0 Å². The number of nitrogens with two attached hydrogens (primary N) is 1. The van der Waals surface area contributed by atoms with Gasteiger partial charge in [-0.2, -0.15) is 13.2 Å². The van der Waals surface area contributed by atoms with Crippen LogP contribution in [0.3, 0.4) is 0 Å². The standard InChI is InChI=1S/C15H14F3NO/c1-9-3-4-10(2)14(7-9)20-13-6-5-11(8-12(13)19)15(16,17)18/h3-8H,19H2,1-2H3. The number of nitrogen functional groups attached to an aromatic ring is 1. The first-order valence-corrected chi connectivity index (χ1v) is 5.99. The van der Waals surface area contributed by atoms with Gasteiger partial charge in [0.05, 0.1) is 11.3 Å². The lowest BCUT2D eigenvalue weighted by Crippen LogP contribution is -2.06. The molecule has 0 radical (unpaired) electrons. The first kappa shape index (κ1) is 14.2. The molecular weight excluding hydrogens is 267 g/mol. The van der Waals surface area contributed by atoms with Crippen LogP contribution in [0.25, 0.3) is 0 Å². The van der Waals surface area contributed by atoms with Crippen molar-refractivity contribution in [2.45, 2.75) is 20.0 Å². The minimum absolute atomic E-state index is 0.0410. The normalized spacial score (nSPS) is 11.4. The molecule has 0 aliphatic rings. The van der Waals surface area contributed by atoms with Gasteiger partial charge < -0.3 is 10.5 Å². The molecule has 2 aromatic carbocycles. The molecule has 0 spiro atoms. The number of hydrogen-bond acceptors (Lipinski definition) is 2. The summed E-state index contributed by atoms with van der Waals surface area (Å²) in [5.41, 5.74) is 6.68. The minimum atomic E-state index is -4.41. The Kier molecular flexibility index (Phi) is 3.61. The second-order valence-electron chi connectivity index (χ2n) is 4.62. The topological polar surface area (TPSA) is 35.2 Å². The fraction of sp³-hybridized carbons (Fsp3) is 0.200. The van der Waals surface area contributed by atoms with Crippen LogP contribution < -0.4 is 10.5 Å². The SMILES string of the molecule is Cc1ccc(C)c(Oc2ccc(C(F)(F)F)cc2N)c1. The highest BCUT2D eigenvalue weighted by Crippen LogP contribution is 2.36. The maximum atomic E-state index is 12.5. The highest BCUT2D eigenvalue weighted by molar-refractivity contribution is 5.56. The molecule has 0 saturated carbocycles. The van der Waals surface area contributed by atoms with Crippen molar-refractivity contribution in [3.63, 3.8) is 0 Å². The van der Waals surface area contributed by atoms with E-state index in [9.17, 15) is 13.2 Å². The molecule has 0 aliphatic carbocycles. The van der Waals surface area contributed by atoms with Crippen molar-refractivity contribution >= 4 is 5.69 Å². The minimum Gasteiger partial charge on any atom is -0.455 e. The molecule has 2 aromatic rings. The summed E-state index contributed by atoms with van der Waals surface area (Å²) in [6.45, 7) is 3.76. The molecule has 0 fully saturated rings. The molecule has 2 rings (SSSR count). The average Bonchev–Trinajstić information content (AvgIpc) is 2.35. The molecule has 0 atom stereocenters. The Hall–Kier alpha value is -2.17. The predicted molar refractivity (Wildman–Crippen MR) is 71.8 cm³/mol. The zero-order chi connectivity index (χ0) is 14.9. The molecule has 0 heterocycles. The fourth-order valence-electron chi connectivity index (χ4n) is 1.75. The van der Waals surface area contributed by atoms with Gasteiger partial charge in [-0.15, -0.1) is 0 Å². The molecule has 0 bridgehead atoms. The summed E-state index contributed by atoms with van der Waals surface area (Å²) in [5.74, 6) is 0.795. The van der Waals surface area contributed by atoms with Crippen LogP contribution in [0, 0.1) is 13.8 Å². The molecule has 5 heteroatoms. The van der Waals surface area contributed by atoms with Gasteiger partial charge in [0, 0.05) is 0 Å². The van der Waals surface area contributed by atoms with Crippen LogP contribution in [-0.4, -0.2) is 0 Å². The Labute approximate surface area is 115 Å². The largest absolute Gasteiger partial charge is 0.455 e. The van der Waals surface area contributed by atoms with E-state index in [4.69, 9.17) is 10.5 Å². The molecular formula is C15H14F3NO. The number of ether oxygens (including phenoxy) is 1. The molecule has 106 valence electrons. The monoisotopic (exact) mass is 281 g/mol. The second-order valence-corrected chi connectivity index (χ2v) is 4.62. The summed E-state index contributed by atoms with van der Waals surface area (Å²) in [6, 6.07) is 8.69. The Morgan fingerprint density at radius 2 is 1.65 bits per heavy atom. The maximum Gasteiger partial charge on any atom is 0.416 e. The average molecular weight is 281 g/mol. The molecule has 0 saturated heterocycles. The molecule has 2 nitrogen and oxygen atoms in total. The summed E-state index contributed by atoms with van der Waals surface area (Å²) in [4.78, 5) is 0. The van der Waals surface area contributed by atoms with Crippen LogP contribution in [0.5, 0.6) is 11.5 Å². The van der Waals surface area contributed by atoms with Crippen LogP contribution >= 0.6 is 0 Å². The third-order valence-corrected chi connectivity index (χ3v) is 2.90. The van der Waals surface area contributed by atoms with Crippen molar-refractivity contribution in [3.05, 3.63) is 53.1 Å². The van der Waals surface area contributed by atoms with E-state index in [1.54, 1.807) is 0 Å². The molecule has 0 amide bonds. The van der Waals surface area contributed by atoms with Crippen molar-refractivity contribution in [2.24, 2.45) is 0 Å². The number of anilines is 1. The maximum absolute atomic E-state index is 12.5. The van der Waals surface area contributed by atoms with Gasteiger partial charge >= 0.3 is 6.18 Å². The van der Waals surface area contributed by atoms with E-state index in [0.29, 0.717) is 5.75 Å². The second kappa shape index (κ2) is 5.07. The molecule has 0 aromatic heterocycles. The lowest BCUT2D eigenvalue weighted by molar-refractivity contribution is -0.137. The van der Waals surface area contributed by atoms with Gasteiger partial charge in [0.2, 0.25) is 0 Å². The number of aryl methyl sites for hydroxylation is 2. The lowest BCUT2D eigenvalue weighted by atomic mass is 10.1. The van der Waals surface area contributed by atoms with Crippen molar-refractivity contribution in [3.8, 4) is 11.5 Å². The third kappa shape index (κ3) is 3.04. The van der Waals surface area contributed by atoms with Crippen LogP contribution in [0.1, 0.15) is 16.7 Å². The van der Waals surface area contributed by atoms with E-state index in [-0.39, 0.29) is 11.4 Å². The zero-order valence-electron chi connectivity index (χ0n) is 11.1. The zero-order valence-corrected chi connectivity index (χ0v) is 11.1. The van der Waals surface area contributed by atoms with Gasteiger partial charge in [0.1, 0.15) is 11.5 Å². The lowest BCUT2D eigenvalue weighted by Gasteiger charge is -2.13. The van der Waals surface area contributed by atoms with Crippen molar-refractivity contribution in [1.29, 1.82) is 0 Å². The van der Waals surface area contributed by atoms with Gasteiger partial charge in [-0.25, -0.2) is 0 Å². The van der Waals surface area contributed by atoms with E-state index < -0.39 is 11.7 Å². The van der Waals surface area contributed by atoms with E-state index >= 15 is 0 Å². The van der Waals surface area contributed by atoms with Crippen LogP contribution in [0.15, 0.2) is 36.4 Å². The number of rotatable bonds is 2.